The average molecular weight is 348 g/mol. The Kier molecular flexibility index (Phi) is 4.29. The summed E-state index contributed by atoms with van der Waals surface area (Å²) in [6, 6.07) is 8.57. The minimum absolute atomic E-state index is 0.107. The lowest BCUT2D eigenvalue weighted by Gasteiger charge is -2.07. The van der Waals surface area contributed by atoms with E-state index in [1.807, 2.05) is 0 Å². The van der Waals surface area contributed by atoms with E-state index in [9.17, 15) is 8.42 Å². The van der Waals surface area contributed by atoms with Crippen molar-refractivity contribution in [1.82, 2.24) is 9.97 Å². The molecule has 0 amide bonds. The van der Waals surface area contributed by atoms with Crippen LogP contribution >= 0.6 is 11.3 Å². The summed E-state index contributed by atoms with van der Waals surface area (Å²) in [6.07, 6.45) is 2.51. The summed E-state index contributed by atoms with van der Waals surface area (Å²) in [4.78, 5) is 10.9. The van der Waals surface area contributed by atoms with Gasteiger partial charge in [-0.25, -0.2) is 23.5 Å². The van der Waals surface area contributed by atoms with Crippen LogP contribution in [-0.4, -0.2) is 18.4 Å². The van der Waals surface area contributed by atoms with E-state index in [0.717, 1.165) is 28.0 Å². The van der Waals surface area contributed by atoms with E-state index in [1.54, 1.807) is 29.8 Å². The molecular formula is C15H16N4O2S2. The summed E-state index contributed by atoms with van der Waals surface area (Å²) in [5.74, 6) is 0.779. The van der Waals surface area contributed by atoms with E-state index in [1.165, 1.54) is 17.0 Å². The molecule has 0 fully saturated rings. The molecule has 0 bridgehead atoms. The van der Waals surface area contributed by atoms with Gasteiger partial charge in [0.15, 0.2) is 0 Å². The van der Waals surface area contributed by atoms with Crippen LogP contribution in [-0.2, 0) is 23.0 Å². The molecule has 120 valence electrons. The van der Waals surface area contributed by atoms with Gasteiger partial charge in [-0.05, 0) is 30.2 Å². The molecular weight excluding hydrogens is 332 g/mol. The molecule has 0 saturated heterocycles. The number of hydrogen-bond donors (Lipinski definition) is 2. The van der Waals surface area contributed by atoms with Gasteiger partial charge in [0.1, 0.15) is 17.0 Å². The number of rotatable bonds is 5. The number of nitrogens with one attached hydrogen (secondary N) is 1. The fraction of sp³-hybridized carbons (Fsp3) is 0.200. The summed E-state index contributed by atoms with van der Waals surface area (Å²) >= 11 is 1.67. The zero-order valence-corrected chi connectivity index (χ0v) is 14.1. The third kappa shape index (κ3) is 3.49. The number of benzene rings is 1. The van der Waals surface area contributed by atoms with Crippen LogP contribution in [0, 0.1) is 0 Å². The smallest absolute Gasteiger partial charge is 0.238 e. The van der Waals surface area contributed by atoms with Crippen molar-refractivity contribution >= 4 is 37.4 Å². The number of nitrogens with two attached hydrogens (primary N) is 1. The first-order valence-corrected chi connectivity index (χ1v) is 9.42. The number of aryl methyl sites for hydroxylation is 1. The monoisotopic (exact) mass is 348 g/mol. The number of aromatic nitrogens is 2. The predicted octanol–water partition coefficient (Wildman–Crippen LogP) is 2.51. The molecule has 0 aliphatic heterocycles. The number of sulfonamides is 1. The average Bonchev–Trinajstić information content (AvgIpc) is 2.96. The Morgan fingerprint density at radius 3 is 2.61 bits per heavy atom. The number of anilines is 1. The van der Waals surface area contributed by atoms with E-state index in [4.69, 9.17) is 5.14 Å². The van der Waals surface area contributed by atoms with Crippen LogP contribution in [0.5, 0.6) is 0 Å². The second kappa shape index (κ2) is 6.23. The lowest BCUT2D eigenvalue weighted by molar-refractivity contribution is 0.598. The Labute approximate surface area is 138 Å². The fourth-order valence-electron chi connectivity index (χ4n) is 2.20. The molecule has 0 aliphatic rings. The van der Waals surface area contributed by atoms with E-state index >= 15 is 0 Å². The molecule has 0 saturated carbocycles. The van der Waals surface area contributed by atoms with Crippen LogP contribution in [0.1, 0.15) is 17.4 Å². The highest BCUT2D eigenvalue weighted by atomic mass is 32.2. The zero-order chi connectivity index (χ0) is 16.4. The summed E-state index contributed by atoms with van der Waals surface area (Å²) in [6.45, 7) is 2.65. The summed E-state index contributed by atoms with van der Waals surface area (Å²) in [5.41, 5.74) is 0.940. The van der Waals surface area contributed by atoms with Gasteiger partial charge < -0.3 is 5.32 Å². The standard InChI is InChI=1S/C15H16N4O2S2/c1-2-11-7-13-14(18-9-19-15(13)22-11)17-8-10-3-5-12(6-4-10)23(16,20)21/h3-7,9H,2,8H2,1H3,(H2,16,20,21)(H,17,18,19). The first-order valence-electron chi connectivity index (χ1n) is 7.06. The van der Waals surface area contributed by atoms with Crippen LogP contribution in [0.4, 0.5) is 5.82 Å². The summed E-state index contributed by atoms with van der Waals surface area (Å²) in [7, 11) is -3.66. The van der Waals surface area contributed by atoms with Gasteiger partial charge in [0.2, 0.25) is 10.0 Å². The molecule has 2 aromatic heterocycles. The number of nitrogens with zero attached hydrogens (tertiary/aromatic N) is 2. The van der Waals surface area contributed by atoms with Crippen molar-refractivity contribution in [3.8, 4) is 0 Å². The largest absolute Gasteiger partial charge is 0.365 e. The van der Waals surface area contributed by atoms with Gasteiger partial charge in [-0.1, -0.05) is 19.1 Å². The normalized spacial score (nSPS) is 11.7. The molecule has 1 aromatic carbocycles. The zero-order valence-electron chi connectivity index (χ0n) is 12.5. The number of thiophene rings is 1. The summed E-state index contributed by atoms with van der Waals surface area (Å²) in [5, 5.41) is 9.37. The van der Waals surface area contributed by atoms with Crippen LogP contribution in [0.25, 0.3) is 10.2 Å². The molecule has 3 N–H and O–H groups in total. The van der Waals surface area contributed by atoms with Gasteiger partial charge in [0.25, 0.3) is 0 Å². The van der Waals surface area contributed by atoms with Crippen molar-refractivity contribution in [2.24, 2.45) is 5.14 Å². The van der Waals surface area contributed by atoms with Crippen LogP contribution in [0.3, 0.4) is 0 Å². The van der Waals surface area contributed by atoms with Gasteiger partial charge >= 0.3 is 0 Å². The minimum atomic E-state index is -3.66. The van der Waals surface area contributed by atoms with E-state index < -0.39 is 10.0 Å². The maximum Gasteiger partial charge on any atom is 0.238 e. The highest BCUT2D eigenvalue weighted by Crippen LogP contribution is 2.28. The lowest BCUT2D eigenvalue weighted by Crippen LogP contribution is -2.12. The molecule has 23 heavy (non-hydrogen) atoms. The van der Waals surface area contributed by atoms with Crippen molar-refractivity contribution in [3.63, 3.8) is 0 Å². The Morgan fingerprint density at radius 2 is 1.96 bits per heavy atom. The molecule has 8 heteroatoms. The molecule has 0 radical (unpaired) electrons. The van der Waals surface area contributed by atoms with E-state index in [-0.39, 0.29) is 4.90 Å². The van der Waals surface area contributed by atoms with Crippen molar-refractivity contribution in [1.29, 1.82) is 0 Å². The third-order valence-corrected chi connectivity index (χ3v) is 5.56. The van der Waals surface area contributed by atoms with E-state index in [0.29, 0.717) is 6.54 Å². The van der Waals surface area contributed by atoms with Crippen molar-refractivity contribution in [3.05, 3.63) is 47.1 Å². The maximum atomic E-state index is 11.2. The number of hydrogen-bond acceptors (Lipinski definition) is 6. The van der Waals surface area contributed by atoms with Gasteiger partial charge in [-0.3, -0.25) is 0 Å². The summed E-state index contributed by atoms with van der Waals surface area (Å²) < 4.78 is 22.5. The predicted molar refractivity (Wildman–Crippen MR) is 91.9 cm³/mol. The number of primary sulfonamides is 1. The fourth-order valence-corrected chi connectivity index (χ4v) is 3.65. The molecule has 0 atom stereocenters. The van der Waals surface area contributed by atoms with E-state index in [2.05, 4.69) is 28.3 Å². The quantitative estimate of drug-likeness (QED) is 0.738. The molecule has 0 spiro atoms. The highest BCUT2D eigenvalue weighted by molar-refractivity contribution is 7.89. The topological polar surface area (TPSA) is 98.0 Å². The second-order valence-electron chi connectivity index (χ2n) is 5.05. The van der Waals surface area contributed by atoms with Gasteiger partial charge in [0.05, 0.1) is 10.3 Å². The Bertz CT molecular complexity index is 934. The molecule has 3 aromatic rings. The molecule has 0 aliphatic carbocycles. The molecule has 0 unspecified atom stereocenters. The van der Waals surface area contributed by atoms with Crippen molar-refractivity contribution < 1.29 is 8.42 Å². The Hall–Kier alpha value is -2.03. The first-order chi connectivity index (χ1) is 11.0. The van der Waals surface area contributed by atoms with Gasteiger partial charge in [-0.15, -0.1) is 11.3 Å². The first kappa shape index (κ1) is 15.9. The van der Waals surface area contributed by atoms with Gasteiger partial charge in [-0.2, -0.15) is 0 Å². The molecule has 2 heterocycles. The highest BCUT2D eigenvalue weighted by Gasteiger charge is 2.09. The van der Waals surface area contributed by atoms with Crippen LogP contribution in [0.15, 0.2) is 41.6 Å². The Morgan fingerprint density at radius 1 is 1.22 bits per heavy atom. The van der Waals surface area contributed by atoms with Crippen molar-refractivity contribution in [2.75, 3.05) is 5.32 Å². The van der Waals surface area contributed by atoms with Crippen LogP contribution in [0.2, 0.25) is 0 Å². The SMILES string of the molecule is CCc1cc2c(NCc3ccc(S(N)(=O)=O)cc3)ncnc2s1. The molecule has 3 rings (SSSR count). The third-order valence-electron chi connectivity index (χ3n) is 3.44. The van der Waals surface area contributed by atoms with Crippen molar-refractivity contribution in [2.45, 2.75) is 24.8 Å². The van der Waals surface area contributed by atoms with Gasteiger partial charge in [0, 0.05) is 11.4 Å². The Balaban J connectivity index is 1.79. The lowest BCUT2D eigenvalue weighted by atomic mass is 10.2. The second-order valence-corrected chi connectivity index (χ2v) is 7.73. The maximum absolute atomic E-state index is 11.2. The molecule has 6 nitrogen and oxygen atoms in total. The number of fused-ring (bicyclic) bond motifs is 1. The minimum Gasteiger partial charge on any atom is -0.365 e. The van der Waals surface area contributed by atoms with Crippen LogP contribution < -0.4 is 10.5 Å².